The maximum atomic E-state index is 5.05. The molecule has 0 aliphatic heterocycles. The van der Waals surface area contributed by atoms with Crippen LogP contribution in [0.2, 0.25) is 0 Å². The van der Waals surface area contributed by atoms with Gasteiger partial charge in [-0.05, 0) is 6.92 Å². The lowest BCUT2D eigenvalue weighted by atomic mass is 10.6. The van der Waals surface area contributed by atoms with E-state index in [-0.39, 0.29) is 12.4 Å². The second-order valence-corrected chi connectivity index (χ2v) is 1.37. The molecule has 0 aliphatic rings. The first kappa shape index (κ1) is 8.30. The van der Waals surface area contributed by atoms with E-state index in [2.05, 4.69) is 10.2 Å². The first-order chi connectivity index (χ1) is 3.93. The van der Waals surface area contributed by atoms with E-state index < -0.39 is 0 Å². The summed E-state index contributed by atoms with van der Waals surface area (Å²) in [5, 5.41) is 6.33. The summed E-state index contributed by atoms with van der Waals surface area (Å²) in [6, 6.07) is 0. The van der Waals surface area contributed by atoms with Gasteiger partial charge in [-0.1, -0.05) is 0 Å². The van der Waals surface area contributed by atoms with Crippen LogP contribution in [-0.2, 0) is 0 Å². The van der Waals surface area contributed by atoms with E-state index in [4.69, 9.17) is 4.74 Å². The zero-order chi connectivity index (χ0) is 5.82. The van der Waals surface area contributed by atoms with Crippen molar-refractivity contribution in [3.63, 3.8) is 0 Å². The van der Waals surface area contributed by atoms with Crippen LogP contribution in [0.3, 0.4) is 0 Å². The average Bonchev–Trinajstić information content (AvgIpc) is 2.19. The molecule has 1 aromatic heterocycles. The molecule has 0 amide bonds. The highest BCUT2D eigenvalue weighted by atomic mass is 35.5. The number of nitrogens with one attached hydrogen (secondary N) is 1. The van der Waals surface area contributed by atoms with Crippen LogP contribution in [-0.4, -0.2) is 16.8 Å². The summed E-state index contributed by atoms with van der Waals surface area (Å²) in [6.45, 7) is 2.63. The van der Waals surface area contributed by atoms with E-state index in [0.717, 1.165) is 5.75 Å². The number of rotatable bonds is 2. The number of ether oxygens (including phenoxy) is 1. The maximum absolute atomic E-state index is 5.05. The van der Waals surface area contributed by atoms with Gasteiger partial charge in [0.15, 0.2) is 5.75 Å². The maximum Gasteiger partial charge on any atom is 0.156 e. The first-order valence-corrected chi connectivity index (χ1v) is 2.55. The number of aromatic nitrogens is 2. The summed E-state index contributed by atoms with van der Waals surface area (Å²) in [5.41, 5.74) is 0. The monoisotopic (exact) mass is 148 g/mol. The summed E-state index contributed by atoms with van der Waals surface area (Å²) in [6.07, 6.45) is 3.35. The lowest BCUT2D eigenvalue weighted by molar-refractivity contribution is 0.340. The Bertz CT molecular complexity index is 141. The minimum Gasteiger partial charge on any atom is -0.491 e. The highest BCUT2D eigenvalue weighted by Gasteiger charge is 1.86. The summed E-state index contributed by atoms with van der Waals surface area (Å²) in [4.78, 5) is 0. The highest BCUT2D eigenvalue weighted by molar-refractivity contribution is 5.85. The van der Waals surface area contributed by atoms with Gasteiger partial charge in [0, 0.05) is 0 Å². The van der Waals surface area contributed by atoms with E-state index in [1.54, 1.807) is 12.4 Å². The Labute approximate surface area is 59.8 Å². The Morgan fingerprint density at radius 3 is 3.00 bits per heavy atom. The van der Waals surface area contributed by atoms with E-state index >= 15 is 0 Å². The van der Waals surface area contributed by atoms with E-state index in [9.17, 15) is 0 Å². The van der Waals surface area contributed by atoms with Crippen molar-refractivity contribution in [2.24, 2.45) is 0 Å². The molecule has 0 bridgehead atoms. The highest BCUT2D eigenvalue weighted by Crippen LogP contribution is 2.02. The standard InChI is InChI=1S/C5H8N2O.ClH/c1-2-8-5-3-6-7-4-5;/h3-4H,2H2,1H3,(H,6,7);1H. The zero-order valence-corrected chi connectivity index (χ0v) is 5.94. The van der Waals surface area contributed by atoms with Crippen molar-refractivity contribution >= 4 is 12.4 Å². The fourth-order valence-electron chi connectivity index (χ4n) is 0.485. The molecule has 1 N–H and O–H groups in total. The van der Waals surface area contributed by atoms with Crippen LogP contribution < -0.4 is 4.74 Å². The molecule has 52 valence electrons. The van der Waals surface area contributed by atoms with Gasteiger partial charge in [-0.2, -0.15) is 5.10 Å². The Morgan fingerprint density at radius 2 is 2.56 bits per heavy atom. The SMILES string of the molecule is CCOc1cn[nH]c1.Cl. The van der Waals surface area contributed by atoms with Gasteiger partial charge in [0.25, 0.3) is 0 Å². The van der Waals surface area contributed by atoms with Crippen molar-refractivity contribution in [1.29, 1.82) is 0 Å². The predicted octanol–water partition coefficient (Wildman–Crippen LogP) is 1.23. The molecular weight excluding hydrogens is 140 g/mol. The van der Waals surface area contributed by atoms with E-state index in [0.29, 0.717) is 6.61 Å². The Morgan fingerprint density at radius 1 is 1.78 bits per heavy atom. The molecule has 0 saturated heterocycles. The molecule has 0 fully saturated rings. The van der Waals surface area contributed by atoms with Gasteiger partial charge in [0.1, 0.15) is 0 Å². The van der Waals surface area contributed by atoms with E-state index in [1.807, 2.05) is 6.92 Å². The van der Waals surface area contributed by atoms with Crippen LogP contribution in [0.4, 0.5) is 0 Å². The van der Waals surface area contributed by atoms with Crippen molar-refractivity contribution in [3.05, 3.63) is 12.4 Å². The summed E-state index contributed by atoms with van der Waals surface area (Å²) in [5.74, 6) is 0.799. The minimum atomic E-state index is 0. The van der Waals surface area contributed by atoms with Gasteiger partial charge >= 0.3 is 0 Å². The lowest BCUT2D eigenvalue weighted by Crippen LogP contribution is -1.87. The first-order valence-electron chi connectivity index (χ1n) is 2.55. The fraction of sp³-hybridized carbons (Fsp3) is 0.400. The molecule has 0 radical (unpaired) electrons. The van der Waals surface area contributed by atoms with Gasteiger partial charge in [-0.25, -0.2) is 0 Å². The number of nitrogens with zero attached hydrogens (tertiary/aromatic N) is 1. The van der Waals surface area contributed by atoms with Crippen molar-refractivity contribution in [2.45, 2.75) is 6.92 Å². The second-order valence-electron chi connectivity index (χ2n) is 1.37. The fourth-order valence-corrected chi connectivity index (χ4v) is 0.485. The molecule has 1 heterocycles. The normalized spacial score (nSPS) is 8.11. The number of H-pyrrole nitrogens is 1. The third-order valence-electron chi connectivity index (χ3n) is 0.784. The van der Waals surface area contributed by atoms with Gasteiger partial charge in [0.05, 0.1) is 19.0 Å². The molecular formula is C5H9ClN2O. The van der Waals surface area contributed by atoms with Crippen LogP contribution in [0, 0.1) is 0 Å². The molecule has 0 aliphatic carbocycles. The summed E-state index contributed by atoms with van der Waals surface area (Å²) in [7, 11) is 0. The molecule has 4 heteroatoms. The van der Waals surface area contributed by atoms with E-state index in [1.165, 1.54) is 0 Å². The van der Waals surface area contributed by atoms with Crippen molar-refractivity contribution in [2.75, 3.05) is 6.61 Å². The molecule has 0 unspecified atom stereocenters. The Kier molecular flexibility index (Phi) is 3.88. The van der Waals surface area contributed by atoms with Gasteiger partial charge < -0.3 is 4.74 Å². The Hall–Kier alpha value is -0.700. The van der Waals surface area contributed by atoms with Crippen molar-refractivity contribution < 1.29 is 4.74 Å². The second kappa shape index (κ2) is 4.21. The molecule has 0 aromatic carbocycles. The lowest BCUT2D eigenvalue weighted by Gasteiger charge is -1.92. The molecule has 3 nitrogen and oxygen atoms in total. The zero-order valence-electron chi connectivity index (χ0n) is 5.13. The molecule has 1 aromatic rings. The molecule has 9 heavy (non-hydrogen) atoms. The predicted molar refractivity (Wildman–Crippen MR) is 37.0 cm³/mol. The van der Waals surface area contributed by atoms with Crippen LogP contribution in [0.1, 0.15) is 6.92 Å². The van der Waals surface area contributed by atoms with Crippen LogP contribution in [0.5, 0.6) is 5.75 Å². The topological polar surface area (TPSA) is 37.9 Å². The van der Waals surface area contributed by atoms with Crippen LogP contribution in [0.15, 0.2) is 12.4 Å². The molecule has 0 atom stereocenters. The van der Waals surface area contributed by atoms with Gasteiger partial charge in [-0.15, -0.1) is 12.4 Å². The number of hydrogen-bond acceptors (Lipinski definition) is 2. The van der Waals surface area contributed by atoms with Crippen LogP contribution >= 0.6 is 12.4 Å². The number of aromatic amines is 1. The van der Waals surface area contributed by atoms with Crippen molar-refractivity contribution in [1.82, 2.24) is 10.2 Å². The third-order valence-corrected chi connectivity index (χ3v) is 0.784. The number of hydrogen-bond donors (Lipinski definition) is 1. The summed E-state index contributed by atoms with van der Waals surface area (Å²) >= 11 is 0. The summed E-state index contributed by atoms with van der Waals surface area (Å²) < 4.78 is 5.05. The van der Waals surface area contributed by atoms with Gasteiger partial charge in [-0.3, -0.25) is 5.10 Å². The largest absolute Gasteiger partial charge is 0.491 e. The van der Waals surface area contributed by atoms with Crippen molar-refractivity contribution in [3.8, 4) is 5.75 Å². The number of halogens is 1. The molecule has 1 rings (SSSR count). The minimum absolute atomic E-state index is 0. The molecule has 0 spiro atoms. The third kappa shape index (κ3) is 2.37. The smallest absolute Gasteiger partial charge is 0.156 e. The average molecular weight is 149 g/mol. The van der Waals surface area contributed by atoms with Crippen LogP contribution in [0.25, 0.3) is 0 Å². The Balaban J connectivity index is 0.000000640. The quantitative estimate of drug-likeness (QED) is 0.685. The molecule has 0 saturated carbocycles. The van der Waals surface area contributed by atoms with Gasteiger partial charge in [0.2, 0.25) is 0 Å².